The Bertz CT molecular complexity index is 864. The lowest BCUT2D eigenvalue weighted by Crippen LogP contribution is -2.60. The van der Waals surface area contributed by atoms with Crippen molar-refractivity contribution in [3.8, 4) is 0 Å². The Labute approximate surface area is 343 Å². The van der Waals surface area contributed by atoms with Crippen LogP contribution in [0.2, 0.25) is 0 Å². The first-order valence-corrected chi connectivity index (χ1v) is 23.8. The zero-order chi connectivity index (χ0) is 41.1. The lowest BCUT2D eigenvalue weighted by molar-refractivity contribution is -0.302. The molecule has 0 aliphatic carbocycles. The number of amides is 1. The van der Waals surface area contributed by atoms with E-state index in [4.69, 9.17) is 9.47 Å². The normalized spacial score (nSPS) is 21.6. The molecule has 0 bridgehead atoms. The summed E-state index contributed by atoms with van der Waals surface area (Å²) in [7, 11) is 0. The SMILES string of the molecule is CCCCCCCCCCCCCCCCCCCCCC(O)C(=O)NC(COC1OC(CO)C(O)C(O)C1O)C(O)CCCCCCCCCCCCCC. The Balaban J connectivity index is 2.33. The van der Waals surface area contributed by atoms with Crippen LogP contribution in [0.3, 0.4) is 0 Å². The Kier molecular flexibility index (Phi) is 35.3. The molecule has 7 N–H and O–H groups in total. The van der Waals surface area contributed by atoms with E-state index in [0.717, 1.165) is 44.9 Å². The minimum atomic E-state index is -1.59. The van der Waals surface area contributed by atoms with Gasteiger partial charge in [0.1, 0.15) is 30.5 Å². The van der Waals surface area contributed by atoms with Crippen LogP contribution in [0.4, 0.5) is 0 Å². The smallest absolute Gasteiger partial charge is 0.249 e. The van der Waals surface area contributed by atoms with E-state index in [1.54, 1.807) is 0 Å². The summed E-state index contributed by atoms with van der Waals surface area (Å²) >= 11 is 0. The first-order chi connectivity index (χ1) is 27.3. The molecule has 56 heavy (non-hydrogen) atoms. The summed E-state index contributed by atoms with van der Waals surface area (Å²) in [5.74, 6) is -0.580. The molecule has 0 aromatic carbocycles. The van der Waals surface area contributed by atoms with Gasteiger partial charge in [-0.1, -0.05) is 213 Å². The highest BCUT2D eigenvalue weighted by molar-refractivity contribution is 5.80. The average molecular weight is 802 g/mol. The van der Waals surface area contributed by atoms with E-state index in [1.807, 2.05) is 0 Å². The van der Waals surface area contributed by atoms with Crippen molar-refractivity contribution >= 4 is 5.91 Å². The van der Waals surface area contributed by atoms with Crippen molar-refractivity contribution in [1.82, 2.24) is 5.32 Å². The molecule has 0 radical (unpaired) electrons. The first kappa shape index (κ1) is 53.2. The summed E-state index contributed by atoms with van der Waals surface area (Å²) in [5.41, 5.74) is 0. The van der Waals surface area contributed by atoms with Gasteiger partial charge < -0.3 is 45.4 Å². The predicted octanol–water partition coefficient (Wildman–Crippen LogP) is 8.92. The molecule has 1 aliphatic heterocycles. The molecule has 0 aromatic heterocycles. The Morgan fingerprint density at radius 1 is 0.536 bits per heavy atom. The molecular weight excluding hydrogens is 711 g/mol. The summed E-state index contributed by atoms with van der Waals surface area (Å²) in [4.78, 5) is 13.1. The zero-order valence-electron chi connectivity index (χ0n) is 36.3. The number of nitrogens with one attached hydrogen (secondary N) is 1. The molecule has 8 unspecified atom stereocenters. The summed E-state index contributed by atoms with van der Waals surface area (Å²) in [5, 5.41) is 64.8. The Hall–Kier alpha value is -0.850. The summed E-state index contributed by atoms with van der Waals surface area (Å²) in [6, 6.07) is -0.887. The van der Waals surface area contributed by atoms with Crippen molar-refractivity contribution in [3.05, 3.63) is 0 Å². The second-order valence-corrected chi connectivity index (χ2v) is 17.1. The zero-order valence-corrected chi connectivity index (χ0v) is 36.3. The quantitative estimate of drug-likeness (QED) is 0.0299. The van der Waals surface area contributed by atoms with Gasteiger partial charge in [0.25, 0.3) is 0 Å². The molecular formula is C46H91NO9. The number of aliphatic hydroxyl groups excluding tert-OH is 6. The summed E-state index contributed by atoms with van der Waals surface area (Å²) in [6.45, 7) is 3.67. The second kappa shape index (κ2) is 37.2. The topological polar surface area (TPSA) is 169 Å². The third kappa shape index (κ3) is 27.0. The highest BCUT2D eigenvalue weighted by atomic mass is 16.7. The number of aliphatic hydroxyl groups is 6. The fourth-order valence-corrected chi connectivity index (χ4v) is 7.87. The van der Waals surface area contributed by atoms with Gasteiger partial charge in [0, 0.05) is 0 Å². The van der Waals surface area contributed by atoms with Crippen molar-refractivity contribution in [2.24, 2.45) is 0 Å². The van der Waals surface area contributed by atoms with Crippen molar-refractivity contribution in [3.63, 3.8) is 0 Å². The lowest BCUT2D eigenvalue weighted by atomic mass is 9.99. The van der Waals surface area contributed by atoms with Crippen LogP contribution in [0.5, 0.6) is 0 Å². The number of carbonyl (C=O) groups is 1. The van der Waals surface area contributed by atoms with Gasteiger partial charge in [-0.25, -0.2) is 0 Å². The maximum absolute atomic E-state index is 13.1. The second-order valence-electron chi connectivity index (χ2n) is 17.1. The fraction of sp³-hybridized carbons (Fsp3) is 0.978. The number of rotatable bonds is 40. The molecule has 0 spiro atoms. The van der Waals surface area contributed by atoms with Crippen LogP contribution >= 0.6 is 0 Å². The van der Waals surface area contributed by atoms with Gasteiger partial charge in [-0.3, -0.25) is 4.79 Å². The predicted molar refractivity (Wildman–Crippen MR) is 227 cm³/mol. The first-order valence-electron chi connectivity index (χ1n) is 23.8. The van der Waals surface area contributed by atoms with Gasteiger partial charge in [-0.05, 0) is 12.8 Å². The maximum atomic E-state index is 13.1. The van der Waals surface area contributed by atoms with E-state index >= 15 is 0 Å². The molecule has 1 rings (SSSR count). The molecule has 1 heterocycles. The van der Waals surface area contributed by atoms with Crippen molar-refractivity contribution in [2.45, 2.75) is 275 Å². The lowest BCUT2D eigenvalue weighted by Gasteiger charge is -2.40. The minimum absolute atomic E-state index is 0.250. The van der Waals surface area contributed by atoms with Crippen LogP contribution in [-0.2, 0) is 14.3 Å². The molecule has 1 aliphatic rings. The monoisotopic (exact) mass is 802 g/mol. The van der Waals surface area contributed by atoms with Gasteiger partial charge in [-0.2, -0.15) is 0 Å². The van der Waals surface area contributed by atoms with Crippen LogP contribution in [-0.4, -0.2) is 98.7 Å². The number of unbranched alkanes of at least 4 members (excludes halogenated alkanes) is 29. The van der Waals surface area contributed by atoms with Crippen molar-refractivity contribution < 1.29 is 44.9 Å². The van der Waals surface area contributed by atoms with Crippen molar-refractivity contribution in [2.75, 3.05) is 13.2 Å². The molecule has 0 aromatic rings. The molecule has 334 valence electrons. The fourth-order valence-electron chi connectivity index (χ4n) is 7.87. The highest BCUT2D eigenvalue weighted by Crippen LogP contribution is 2.23. The van der Waals surface area contributed by atoms with Crippen molar-refractivity contribution in [1.29, 1.82) is 0 Å². The van der Waals surface area contributed by atoms with E-state index in [0.29, 0.717) is 12.8 Å². The largest absolute Gasteiger partial charge is 0.394 e. The van der Waals surface area contributed by atoms with Gasteiger partial charge >= 0.3 is 0 Å². The molecule has 10 heteroatoms. The van der Waals surface area contributed by atoms with E-state index in [2.05, 4.69) is 19.2 Å². The number of hydrogen-bond donors (Lipinski definition) is 7. The standard InChI is InChI=1S/C46H91NO9/c1-3-5-7-9-11-13-15-17-18-19-20-21-22-23-25-27-29-31-33-35-40(50)45(54)47-38(37-55-46-44(53)43(52)42(51)41(36-48)56-46)39(49)34-32-30-28-26-24-16-14-12-10-8-6-4-2/h38-44,46,48-53H,3-37H2,1-2H3,(H,47,54). The van der Waals surface area contributed by atoms with E-state index < -0.39 is 61.5 Å². The number of hydrogen-bond acceptors (Lipinski definition) is 9. The van der Waals surface area contributed by atoms with Crippen LogP contribution in [0, 0.1) is 0 Å². The average Bonchev–Trinajstić information content (AvgIpc) is 3.20. The van der Waals surface area contributed by atoms with E-state index in [-0.39, 0.29) is 6.61 Å². The van der Waals surface area contributed by atoms with E-state index in [1.165, 1.54) is 154 Å². The minimum Gasteiger partial charge on any atom is -0.394 e. The van der Waals surface area contributed by atoms with Gasteiger partial charge in [0.15, 0.2) is 6.29 Å². The van der Waals surface area contributed by atoms with Crippen LogP contribution in [0.25, 0.3) is 0 Å². The molecule has 8 atom stereocenters. The van der Waals surface area contributed by atoms with Crippen LogP contribution < -0.4 is 5.32 Å². The molecule has 1 fully saturated rings. The van der Waals surface area contributed by atoms with E-state index in [9.17, 15) is 35.4 Å². The third-order valence-corrected chi connectivity index (χ3v) is 11.8. The Morgan fingerprint density at radius 3 is 1.27 bits per heavy atom. The van der Waals surface area contributed by atoms with Gasteiger partial charge in [0.05, 0.1) is 25.4 Å². The van der Waals surface area contributed by atoms with Gasteiger partial charge in [0.2, 0.25) is 5.91 Å². The maximum Gasteiger partial charge on any atom is 0.249 e. The molecule has 10 nitrogen and oxygen atoms in total. The number of carbonyl (C=O) groups excluding carboxylic acids is 1. The molecule has 1 amide bonds. The Morgan fingerprint density at radius 2 is 0.893 bits per heavy atom. The third-order valence-electron chi connectivity index (χ3n) is 11.8. The van der Waals surface area contributed by atoms with Crippen LogP contribution in [0.1, 0.15) is 226 Å². The summed E-state index contributed by atoms with van der Waals surface area (Å²) < 4.78 is 11.2. The number of ether oxygens (including phenoxy) is 2. The van der Waals surface area contributed by atoms with Gasteiger partial charge in [-0.15, -0.1) is 0 Å². The molecule has 0 saturated carbocycles. The summed E-state index contributed by atoms with van der Waals surface area (Å²) in [6.07, 6.45) is 30.1. The highest BCUT2D eigenvalue weighted by Gasteiger charge is 2.44. The molecule has 1 saturated heterocycles. The van der Waals surface area contributed by atoms with Crippen LogP contribution in [0.15, 0.2) is 0 Å².